The molecular weight excluding hydrogens is 262 g/mol. The molecule has 0 heterocycles. The van der Waals surface area contributed by atoms with Gasteiger partial charge in [-0.1, -0.05) is 39.8 Å². The van der Waals surface area contributed by atoms with E-state index in [1.54, 1.807) is 7.11 Å². The lowest BCUT2D eigenvalue weighted by Gasteiger charge is -2.22. The summed E-state index contributed by atoms with van der Waals surface area (Å²) in [6, 6.07) is 8.44. The van der Waals surface area contributed by atoms with E-state index in [4.69, 9.17) is 9.47 Å². The van der Waals surface area contributed by atoms with Crippen molar-refractivity contribution in [2.45, 2.75) is 46.6 Å². The van der Waals surface area contributed by atoms with Crippen molar-refractivity contribution in [1.82, 2.24) is 5.32 Å². The third-order valence-electron chi connectivity index (χ3n) is 3.42. The molecule has 0 radical (unpaired) electrons. The molecule has 0 aromatic heterocycles. The third-order valence-corrected chi connectivity index (χ3v) is 3.42. The Labute approximate surface area is 130 Å². The molecule has 0 saturated heterocycles. The topological polar surface area (TPSA) is 30.5 Å². The van der Waals surface area contributed by atoms with Crippen LogP contribution in [0.15, 0.2) is 24.3 Å². The second kappa shape index (κ2) is 9.06. The van der Waals surface area contributed by atoms with Crippen molar-refractivity contribution in [3.63, 3.8) is 0 Å². The first-order valence-electron chi connectivity index (χ1n) is 7.91. The van der Waals surface area contributed by atoms with Crippen LogP contribution >= 0.6 is 0 Å². The molecule has 1 N–H and O–H groups in total. The van der Waals surface area contributed by atoms with Crippen molar-refractivity contribution in [2.75, 3.05) is 26.9 Å². The Bertz CT molecular complexity index is 398. The Morgan fingerprint density at radius 1 is 1.24 bits per heavy atom. The van der Waals surface area contributed by atoms with Crippen molar-refractivity contribution in [1.29, 1.82) is 0 Å². The van der Waals surface area contributed by atoms with Gasteiger partial charge in [-0.15, -0.1) is 0 Å². The van der Waals surface area contributed by atoms with Gasteiger partial charge >= 0.3 is 0 Å². The normalized spacial score (nSPS) is 13.2. The average Bonchev–Trinajstić information content (AvgIpc) is 2.45. The minimum atomic E-state index is 0.222. The minimum Gasteiger partial charge on any atom is -0.497 e. The molecule has 0 aliphatic heterocycles. The van der Waals surface area contributed by atoms with Crippen LogP contribution in [0, 0.1) is 5.41 Å². The molecule has 0 spiro atoms. The molecule has 0 aliphatic rings. The summed E-state index contributed by atoms with van der Waals surface area (Å²) in [7, 11) is 1.70. The second-order valence-corrected chi connectivity index (χ2v) is 6.67. The second-order valence-electron chi connectivity index (χ2n) is 6.67. The highest BCUT2D eigenvalue weighted by Crippen LogP contribution is 2.21. The number of benzene rings is 1. The van der Waals surface area contributed by atoms with Crippen LogP contribution in [0.1, 0.15) is 52.1 Å². The predicted molar refractivity (Wildman–Crippen MR) is 88.9 cm³/mol. The molecule has 0 amide bonds. The molecule has 0 aliphatic carbocycles. The van der Waals surface area contributed by atoms with E-state index in [2.05, 4.69) is 45.1 Å². The molecule has 0 fully saturated rings. The van der Waals surface area contributed by atoms with Crippen molar-refractivity contribution in [3.8, 4) is 5.75 Å². The number of methoxy groups -OCH3 is 1. The van der Waals surface area contributed by atoms with Gasteiger partial charge < -0.3 is 14.8 Å². The molecule has 0 saturated carbocycles. The number of hydrogen-bond donors (Lipinski definition) is 1. The molecule has 0 bridgehead atoms. The SMILES string of the molecule is CCCNC(COCCC(C)(C)C)c1cccc(OC)c1. The lowest BCUT2D eigenvalue weighted by Crippen LogP contribution is -2.27. The Hall–Kier alpha value is -1.06. The van der Waals surface area contributed by atoms with Crippen LogP contribution in [0.5, 0.6) is 5.75 Å². The Balaban J connectivity index is 2.58. The van der Waals surface area contributed by atoms with Gasteiger partial charge in [0.15, 0.2) is 0 Å². The summed E-state index contributed by atoms with van der Waals surface area (Å²) in [6.45, 7) is 11.4. The van der Waals surface area contributed by atoms with Crippen LogP contribution in [0.3, 0.4) is 0 Å². The Morgan fingerprint density at radius 2 is 2.00 bits per heavy atom. The molecule has 1 rings (SSSR count). The van der Waals surface area contributed by atoms with Crippen LogP contribution in [-0.4, -0.2) is 26.9 Å². The van der Waals surface area contributed by atoms with Gasteiger partial charge in [0.2, 0.25) is 0 Å². The van der Waals surface area contributed by atoms with Gasteiger partial charge in [0.05, 0.1) is 19.8 Å². The van der Waals surface area contributed by atoms with Gasteiger partial charge in [-0.2, -0.15) is 0 Å². The van der Waals surface area contributed by atoms with E-state index in [-0.39, 0.29) is 6.04 Å². The summed E-state index contributed by atoms with van der Waals surface area (Å²) < 4.78 is 11.2. The highest BCUT2D eigenvalue weighted by Gasteiger charge is 2.14. The quantitative estimate of drug-likeness (QED) is 0.693. The number of nitrogens with one attached hydrogen (secondary N) is 1. The zero-order chi connectivity index (χ0) is 15.7. The molecule has 1 unspecified atom stereocenters. The van der Waals surface area contributed by atoms with Gasteiger partial charge in [0, 0.05) is 6.61 Å². The lowest BCUT2D eigenvalue weighted by molar-refractivity contribution is 0.0897. The van der Waals surface area contributed by atoms with Crippen molar-refractivity contribution >= 4 is 0 Å². The van der Waals surface area contributed by atoms with Gasteiger partial charge in [-0.05, 0) is 42.5 Å². The van der Waals surface area contributed by atoms with Crippen LogP contribution in [0.2, 0.25) is 0 Å². The van der Waals surface area contributed by atoms with Crippen LogP contribution < -0.4 is 10.1 Å². The predicted octanol–water partition coefficient (Wildman–Crippen LogP) is 4.19. The van der Waals surface area contributed by atoms with Gasteiger partial charge in [0.25, 0.3) is 0 Å². The molecule has 3 nitrogen and oxygen atoms in total. The van der Waals surface area contributed by atoms with E-state index >= 15 is 0 Å². The molecule has 120 valence electrons. The van der Waals surface area contributed by atoms with Crippen LogP contribution in [-0.2, 0) is 4.74 Å². The van der Waals surface area contributed by atoms with Gasteiger partial charge in [-0.3, -0.25) is 0 Å². The van der Waals surface area contributed by atoms with Gasteiger partial charge in [0.1, 0.15) is 5.75 Å². The smallest absolute Gasteiger partial charge is 0.119 e. The summed E-state index contributed by atoms with van der Waals surface area (Å²) in [5.74, 6) is 0.894. The minimum absolute atomic E-state index is 0.222. The Kier molecular flexibility index (Phi) is 7.76. The van der Waals surface area contributed by atoms with Crippen molar-refractivity contribution in [2.24, 2.45) is 5.41 Å². The van der Waals surface area contributed by atoms with Crippen molar-refractivity contribution < 1.29 is 9.47 Å². The maximum absolute atomic E-state index is 5.89. The monoisotopic (exact) mass is 293 g/mol. The standard InChI is InChI=1S/C18H31NO2/c1-6-11-19-17(14-21-12-10-18(2,3)4)15-8-7-9-16(13-15)20-5/h7-9,13,17,19H,6,10-12,14H2,1-5H3. The summed E-state index contributed by atoms with van der Waals surface area (Å²) in [6.07, 6.45) is 2.19. The molecule has 1 aromatic carbocycles. The van der Waals surface area contributed by atoms with E-state index in [1.165, 1.54) is 5.56 Å². The fraction of sp³-hybridized carbons (Fsp3) is 0.667. The molecule has 21 heavy (non-hydrogen) atoms. The molecule has 1 aromatic rings. The highest BCUT2D eigenvalue weighted by molar-refractivity contribution is 5.30. The third kappa shape index (κ3) is 7.49. The summed E-state index contributed by atoms with van der Waals surface area (Å²) in [5.41, 5.74) is 1.54. The first kappa shape index (κ1) is 18.0. The molecule has 1 atom stereocenters. The first-order valence-corrected chi connectivity index (χ1v) is 7.91. The highest BCUT2D eigenvalue weighted by atomic mass is 16.5. The maximum atomic E-state index is 5.89. The number of rotatable bonds is 9. The van der Waals surface area contributed by atoms with E-state index < -0.39 is 0 Å². The fourth-order valence-corrected chi connectivity index (χ4v) is 2.03. The summed E-state index contributed by atoms with van der Waals surface area (Å²) in [4.78, 5) is 0. The van der Waals surface area contributed by atoms with Crippen molar-refractivity contribution in [3.05, 3.63) is 29.8 Å². The zero-order valence-corrected chi connectivity index (χ0v) is 14.2. The summed E-state index contributed by atoms with van der Waals surface area (Å²) >= 11 is 0. The lowest BCUT2D eigenvalue weighted by atomic mass is 9.93. The maximum Gasteiger partial charge on any atom is 0.119 e. The Morgan fingerprint density at radius 3 is 2.62 bits per heavy atom. The van der Waals surface area contributed by atoms with Crippen LogP contribution in [0.25, 0.3) is 0 Å². The molecular formula is C18H31NO2. The molecule has 3 heteroatoms. The van der Waals surface area contributed by atoms with Crippen LogP contribution in [0.4, 0.5) is 0 Å². The largest absolute Gasteiger partial charge is 0.497 e. The zero-order valence-electron chi connectivity index (χ0n) is 14.2. The fourth-order valence-electron chi connectivity index (χ4n) is 2.03. The first-order chi connectivity index (χ1) is 9.96. The van der Waals surface area contributed by atoms with E-state index in [1.807, 2.05) is 12.1 Å². The summed E-state index contributed by atoms with van der Waals surface area (Å²) in [5, 5.41) is 3.55. The van der Waals surface area contributed by atoms with Gasteiger partial charge in [-0.25, -0.2) is 0 Å². The number of hydrogen-bond acceptors (Lipinski definition) is 3. The van der Waals surface area contributed by atoms with E-state index in [9.17, 15) is 0 Å². The van der Waals surface area contributed by atoms with E-state index in [0.717, 1.165) is 31.7 Å². The average molecular weight is 293 g/mol. The van der Waals surface area contributed by atoms with E-state index in [0.29, 0.717) is 12.0 Å². The number of ether oxygens (including phenoxy) is 2.